The molecule has 0 N–H and O–H groups in total. The lowest BCUT2D eigenvalue weighted by Crippen LogP contribution is -2.06. The number of benzene rings is 2. The molecule has 0 unspecified atom stereocenters. The van der Waals surface area contributed by atoms with Crippen molar-refractivity contribution in [2.45, 2.75) is 0 Å². The number of carbonyl (C=O) groups excluding carboxylic acids is 1. The molecule has 0 fully saturated rings. The van der Waals surface area contributed by atoms with Crippen molar-refractivity contribution < 1.29 is 9.53 Å². The Balaban J connectivity index is 1.75. The van der Waals surface area contributed by atoms with Crippen LogP contribution in [0.2, 0.25) is 5.02 Å². The fraction of sp³-hybridized carbons (Fsp3) is 0.105. The zero-order valence-electron chi connectivity index (χ0n) is 11.8. The fourth-order valence-electron chi connectivity index (χ4n) is 1.57. The Morgan fingerprint density at radius 2 is 1.64 bits per heavy atom. The molecule has 0 saturated heterocycles. The van der Waals surface area contributed by atoms with Gasteiger partial charge in [-0.3, -0.25) is 4.79 Å². The van der Waals surface area contributed by atoms with Crippen molar-refractivity contribution in [3.63, 3.8) is 0 Å². The molecule has 0 radical (unpaired) electrons. The molecule has 108 valence electrons. The molecule has 0 amide bonds. The molecule has 0 aliphatic heterocycles. The lowest BCUT2D eigenvalue weighted by Gasteiger charge is -1.93. The molecule has 2 nitrogen and oxygen atoms in total. The summed E-state index contributed by atoms with van der Waals surface area (Å²) < 4.78 is 5.18. The third-order valence-corrected chi connectivity index (χ3v) is 2.86. The van der Waals surface area contributed by atoms with E-state index in [0.29, 0.717) is 5.02 Å². The van der Waals surface area contributed by atoms with E-state index in [-0.39, 0.29) is 19.0 Å². The Bertz CT molecular complexity index is 741. The Morgan fingerprint density at radius 1 is 0.955 bits per heavy atom. The first-order chi connectivity index (χ1) is 10.7. The number of ketones is 1. The first kappa shape index (κ1) is 15.9. The van der Waals surface area contributed by atoms with Gasteiger partial charge in [-0.1, -0.05) is 47.6 Å². The average Bonchev–Trinajstić information content (AvgIpc) is 2.55. The molecule has 0 aliphatic rings. The molecule has 2 aromatic carbocycles. The van der Waals surface area contributed by atoms with Gasteiger partial charge in [0.2, 0.25) is 5.78 Å². The zero-order chi connectivity index (χ0) is 15.6. The number of halogens is 1. The number of Topliss-reactive ketones (excluding diaryl/α,β-unsaturated/α-hetero) is 1. The van der Waals surface area contributed by atoms with Gasteiger partial charge in [0.15, 0.2) is 0 Å². The maximum absolute atomic E-state index is 11.5. The van der Waals surface area contributed by atoms with Gasteiger partial charge < -0.3 is 4.74 Å². The topological polar surface area (TPSA) is 26.3 Å². The minimum absolute atomic E-state index is 0.0654. The van der Waals surface area contributed by atoms with E-state index in [4.69, 9.17) is 16.3 Å². The highest BCUT2D eigenvalue weighted by Crippen LogP contribution is 2.08. The van der Waals surface area contributed by atoms with Crippen LogP contribution < -0.4 is 0 Å². The molecule has 0 bridgehead atoms. The monoisotopic (exact) mass is 308 g/mol. The second-order valence-corrected chi connectivity index (χ2v) is 4.78. The lowest BCUT2D eigenvalue weighted by molar-refractivity contribution is -0.117. The number of hydrogen-bond acceptors (Lipinski definition) is 2. The summed E-state index contributed by atoms with van der Waals surface area (Å²) in [4.78, 5) is 11.5. The smallest absolute Gasteiger partial charge is 0.231 e. The van der Waals surface area contributed by atoms with Gasteiger partial charge in [0, 0.05) is 16.1 Å². The Morgan fingerprint density at radius 3 is 2.36 bits per heavy atom. The number of hydrogen-bond donors (Lipinski definition) is 0. The molecule has 2 rings (SSSR count). The average molecular weight is 309 g/mol. The molecule has 0 aromatic heterocycles. The molecule has 3 heteroatoms. The fourth-order valence-corrected chi connectivity index (χ4v) is 1.69. The van der Waals surface area contributed by atoms with Crippen LogP contribution in [0.5, 0.6) is 0 Å². The van der Waals surface area contributed by atoms with Crippen LogP contribution in [0.3, 0.4) is 0 Å². The van der Waals surface area contributed by atoms with Crippen molar-refractivity contribution in [1.29, 1.82) is 0 Å². The van der Waals surface area contributed by atoms with Crippen LogP contribution in [0.4, 0.5) is 0 Å². The standard InChI is InChI=1S/C19H13ClO2/c20-18-11-8-17(9-12-18)10-13-19(21)15-22-14-4-7-16-5-2-1-3-6-16/h1-3,5-6,8-9,11-12H,14-15H2. The Kier molecular flexibility index (Phi) is 6.27. The van der Waals surface area contributed by atoms with Crippen LogP contribution >= 0.6 is 11.6 Å². The maximum atomic E-state index is 11.5. The first-order valence-electron chi connectivity index (χ1n) is 6.66. The van der Waals surface area contributed by atoms with Gasteiger partial charge in [-0.2, -0.15) is 0 Å². The summed E-state index contributed by atoms with van der Waals surface area (Å²) in [5.41, 5.74) is 1.65. The summed E-state index contributed by atoms with van der Waals surface area (Å²) in [6.45, 7) is 0.132. The minimum Gasteiger partial charge on any atom is -0.360 e. The van der Waals surface area contributed by atoms with E-state index in [1.165, 1.54) is 0 Å². The highest BCUT2D eigenvalue weighted by molar-refractivity contribution is 6.30. The maximum Gasteiger partial charge on any atom is 0.231 e. The van der Waals surface area contributed by atoms with Crippen LogP contribution in [0.15, 0.2) is 54.6 Å². The molecule has 0 saturated carbocycles. The molecule has 0 spiro atoms. The van der Waals surface area contributed by atoms with Crippen LogP contribution in [-0.4, -0.2) is 19.0 Å². The summed E-state index contributed by atoms with van der Waals surface area (Å²) in [5.74, 6) is 10.8. The first-order valence-corrected chi connectivity index (χ1v) is 7.04. The largest absolute Gasteiger partial charge is 0.360 e. The van der Waals surface area contributed by atoms with Crippen molar-refractivity contribution in [3.05, 3.63) is 70.7 Å². The highest BCUT2D eigenvalue weighted by Gasteiger charge is 1.95. The van der Waals surface area contributed by atoms with E-state index in [1.54, 1.807) is 24.3 Å². The predicted molar refractivity (Wildman–Crippen MR) is 87.5 cm³/mol. The van der Waals surface area contributed by atoms with Gasteiger partial charge >= 0.3 is 0 Å². The third-order valence-electron chi connectivity index (χ3n) is 2.60. The second-order valence-electron chi connectivity index (χ2n) is 4.34. The molecule has 0 aliphatic carbocycles. The quantitative estimate of drug-likeness (QED) is 0.642. The Labute approximate surface area is 135 Å². The molecule has 2 aromatic rings. The van der Waals surface area contributed by atoms with Crippen molar-refractivity contribution >= 4 is 17.4 Å². The zero-order valence-corrected chi connectivity index (χ0v) is 12.6. The van der Waals surface area contributed by atoms with E-state index in [2.05, 4.69) is 23.7 Å². The van der Waals surface area contributed by atoms with Gasteiger partial charge in [-0.25, -0.2) is 0 Å². The molecule has 0 atom stereocenters. The predicted octanol–water partition coefficient (Wildman–Crippen LogP) is 3.33. The normalized spacial score (nSPS) is 9.14. The Hall–Kier alpha value is -2.52. The lowest BCUT2D eigenvalue weighted by atomic mass is 10.2. The van der Waals surface area contributed by atoms with E-state index in [1.807, 2.05) is 30.3 Å². The van der Waals surface area contributed by atoms with Crippen molar-refractivity contribution in [2.75, 3.05) is 13.2 Å². The van der Waals surface area contributed by atoms with E-state index < -0.39 is 0 Å². The van der Waals surface area contributed by atoms with Crippen LogP contribution in [0.25, 0.3) is 0 Å². The summed E-state index contributed by atoms with van der Waals surface area (Å²) in [5, 5.41) is 0.636. The highest BCUT2D eigenvalue weighted by atomic mass is 35.5. The van der Waals surface area contributed by atoms with Gasteiger partial charge in [-0.05, 0) is 42.3 Å². The molecular weight excluding hydrogens is 296 g/mol. The van der Waals surface area contributed by atoms with Crippen LogP contribution in [0, 0.1) is 23.7 Å². The van der Waals surface area contributed by atoms with Gasteiger partial charge in [0.25, 0.3) is 0 Å². The molecule has 22 heavy (non-hydrogen) atoms. The van der Waals surface area contributed by atoms with E-state index >= 15 is 0 Å². The SMILES string of the molecule is O=C(C#Cc1ccc(Cl)cc1)COCC#Cc1ccccc1. The van der Waals surface area contributed by atoms with E-state index in [0.717, 1.165) is 11.1 Å². The van der Waals surface area contributed by atoms with Crippen molar-refractivity contribution in [2.24, 2.45) is 0 Å². The minimum atomic E-state index is -0.281. The van der Waals surface area contributed by atoms with Crippen molar-refractivity contribution in [1.82, 2.24) is 0 Å². The van der Waals surface area contributed by atoms with Gasteiger partial charge in [-0.15, -0.1) is 0 Å². The number of ether oxygens (including phenoxy) is 1. The second kappa shape index (κ2) is 8.70. The summed E-state index contributed by atoms with van der Waals surface area (Å²) >= 11 is 5.77. The molecule has 0 heterocycles. The van der Waals surface area contributed by atoms with Gasteiger partial charge in [0.1, 0.15) is 13.2 Å². The number of rotatable bonds is 3. The summed E-state index contributed by atoms with van der Waals surface area (Å²) in [6, 6.07) is 16.6. The molecular formula is C19H13ClO2. The van der Waals surface area contributed by atoms with Gasteiger partial charge in [0.05, 0.1) is 0 Å². The van der Waals surface area contributed by atoms with Crippen LogP contribution in [-0.2, 0) is 9.53 Å². The van der Waals surface area contributed by atoms with Crippen LogP contribution in [0.1, 0.15) is 11.1 Å². The van der Waals surface area contributed by atoms with E-state index in [9.17, 15) is 4.79 Å². The number of carbonyl (C=O) groups is 1. The van der Waals surface area contributed by atoms with Crippen molar-refractivity contribution in [3.8, 4) is 23.7 Å². The summed E-state index contributed by atoms with van der Waals surface area (Å²) in [7, 11) is 0. The summed E-state index contributed by atoms with van der Waals surface area (Å²) in [6.07, 6.45) is 0. The third kappa shape index (κ3) is 5.85.